The number of hydrogen-bond donors (Lipinski definition) is 1. The maximum Gasteiger partial charge on any atom is 0.230 e. The van der Waals surface area contributed by atoms with Crippen molar-refractivity contribution in [2.75, 3.05) is 11.4 Å². The lowest BCUT2D eigenvalue weighted by Crippen LogP contribution is -2.26. The number of aryl methyl sites for hydroxylation is 1. The number of aromatic amines is 1. The third kappa shape index (κ3) is 2.31. The van der Waals surface area contributed by atoms with Crippen LogP contribution in [0, 0.1) is 6.92 Å². The first kappa shape index (κ1) is 13.2. The predicted octanol–water partition coefficient (Wildman–Crippen LogP) is 2.26. The van der Waals surface area contributed by atoms with E-state index in [0.717, 1.165) is 16.6 Å². The van der Waals surface area contributed by atoms with Gasteiger partial charge in [0.05, 0.1) is 11.0 Å². The van der Waals surface area contributed by atoms with E-state index in [2.05, 4.69) is 9.97 Å². The quantitative estimate of drug-likeness (QED) is 0.921. The molecule has 1 fully saturated rings. The molecule has 0 saturated carbocycles. The van der Waals surface area contributed by atoms with Crippen molar-refractivity contribution in [2.24, 2.45) is 0 Å². The molecule has 0 radical (unpaired) electrons. The van der Waals surface area contributed by atoms with Crippen molar-refractivity contribution in [3.8, 4) is 0 Å². The van der Waals surface area contributed by atoms with Gasteiger partial charge >= 0.3 is 0 Å². The molecule has 2 aromatic rings. The van der Waals surface area contributed by atoms with E-state index in [1.54, 1.807) is 4.90 Å². The number of para-hydroxylation sites is 1. The van der Waals surface area contributed by atoms with Crippen LogP contribution >= 0.6 is 11.8 Å². The van der Waals surface area contributed by atoms with Gasteiger partial charge < -0.3 is 4.98 Å². The van der Waals surface area contributed by atoms with Crippen molar-refractivity contribution < 1.29 is 9.59 Å². The highest BCUT2D eigenvalue weighted by atomic mass is 32.2. The Balaban J connectivity index is 1.89. The van der Waals surface area contributed by atoms with Crippen molar-refractivity contribution in [1.82, 2.24) is 9.97 Å². The summed E-state index contributed by atoms with van der Waals surface area (Å²) >= 11 is 1.23. The lowest BCUT2D eigenvalue weighted by Gasteiger charge is -2.12. The number of amides is 1. The Labute approximate surface area is 120 Å². The van der Waals surface area contributed by atoms with Gasteiger partial charge in [-0.15, -0.1) is 0 Å². The number of imidazole rings is 1. The molecule has 5 nitrogen and oxygen atoms in total. The minimum Gasteiger partial charge on any atom is -0.324 e. The summed E-state index contributed by atoms with van der Waals surface area (Å²) in [6, 6.07) is 5.90. The molecular formula is C14H15N3O2S. The zero-order chi connectivity index (χ0) is 14.3. The van der Waals surface area contributed by atoms with Gasteiger partial charge in [-0.05, 0) is 18.6 Å². The zero-order valence-corrected chi connectivity index (χ0v) is 12.2. The van der Waals surface area contributed by atoms with E-state index in [9.17, 15) is 9.59 Å². The Morgan fingerprint density at radius 2 is 2.30 bits per heavy atom. The number of aromatic nitrogens is 2. The van der Waals surface area contributed by atoms with Crippen LogP contribution in [-0.4, -0.2) is 32.8 Å². The first-order valence-electron chi connectivity index (χ1n) is 6.47. The zero-order valence-electron chi connectivity index (χ0n) is 11.3. The molecular weight excluding hydrogens is 274 g/mol. The predicted molar refractivity (Wildman–Crippen MR) is 79.9 cm³/mol. The average molecular weight is 289 g/mol. The van der Waals surface area contributed by atoms with Crippen LogP contribution in [0.15, 0.2) is 18.2 Å². The molecule has 104 valence electrons. The topological polar surface area (TPSA) is 66.1 Å². The average Bonchev–Trinajstić information content (AvgIpc) is 2.93. The second-order valence-corrected chi connectivity index (χ2v) is 6.45. The first-order chi connectivity index (χ1) is 9.54. The Morgan fingerprint density at radius 3 is 3.00 bits per heavy atom. The molecule has 1 amide bonds. The number of thioether (sulfide) groups is 1. The molecule has 1 N–H and O–H groups in total. The number of nitrogens with zero attached hydrogens (tertiary/aromatic N) is 2. The molecule has 2 heterocycles. The number of hydrogen-bond acceptors (Lipinski definition) is 4. The van der Waals surface area contributed by atoms with E-state index < -0.39 is 0 Å². The van der Waals surface area contributed by atoms with Gasteiger partial charge in [0, 0.05) is 25.1 Å². The number of benzene rings is 1. The van der Waals surface area contributed by atoms with Crippen molar-refractivity contribution in [3.05, 3.63) is 23.8 Å². The summed E-state index contributed by atoms with van der Waals surface area (Å²) in [5, 5.41) is 0.0689. The normalized spacial score (nSPS) is 19.0. The minimum absolute atomic E-state index is 0.0143. The van der Waals surface area contributed by atoms with Crippen LogP contribution in [-0.2, 0) is 9.59 Å². The fraction of sp³-hybridized carbons (Fsp3) is 0.357. The fourth-order valence-electron chi connectivity index (χ4n) is 2.48. The van der Waals surface area contributed by atoms with E-state index in [4.69, 9.17) is 0 Å². The van der Waals surface area contributed by atoms with E-state index in [1.165, 1.54) is 18.7 Å². The van der Waals surface area contributed by atoms with Gasteiger partial charge in [-0.1, -0.05) is 23.9 Å². The summed E-state index contributed by atoms with van der Waals surface area (Å²) in [4.78, 5) is 32.5. The van der Waals surface area contributed by atoms with Gasteiger partial charge in [0.2, 0.25) is 11.9 Å². The molecule has 1 aliphatic heterocycles. The summed E-state index contributed by atoms with van der Waals surface area (Å²) in [5.74, 6) is 0.589. The Kier molecular flexibility index (Phi) is 3.25. The van der Waals surface area contributed by atoms with Crippen LogP contribution in [0.4, 0.5) is 5.95 Å². The van der Waals surface area contributed by atoms with Crippen molar-refractivity contribution in [2.45, 2.75) is 25.5 Å². The third-order valence-electron chi connectivity index (χ3n) is 3.38. The van der Waals surface area contributed by atoms with Crippen LogP contribution in [0.5, 0.6) is 0 Å². The largest absolute Gasteiger partial charge is 0.324 e. The van der Waals surface area contributed by atoms with Crippen LogP contribution in [0.2, 0.25) is 0 Å². The maximum absolute atomic E-state index is 12.1. The van der Waals surface area contributed by atoms with Crippen molar-refractivity contribution in [3.63, 3.8) is 0 Å². The van der Waals surface area contributed by atoms with Gasteiger partial charge in [-0.25, -0.2) is 4.98 Å². The highest BCUT2D eigenvalue weighted by Gasteiger charge is 2.33. The van der Waals surface area contributed by atoms with Crippen LogP contribution < -0.4 is 4.90 Å². The number of nitrogens with one attached hydrogen (secondary N) is 1. The summed E-state index contributed by atoms with van der Waals surface area (Å²) in [6.07, 6.45) is 0.389. The molecule has 3 rings (SSSR count). The van der Waals surface area contributed by atoms with Gasteiger partial charge in [0.25, 0.3) is 0 Å². The number of carbonyl (C=O) groups excluding carboxylic acids is 2. The summed E-state index contributed by atoms with van der Waals surface area (Å²) in [6.45, 7) is 4.05. The molecule has 6 heteroatoms. The maximum atomic E-state index is 12.1. The van der Waals surface area contributed by atoms with Gasteiger partial charge in [-0.3, -0.25) is 14.5 Å². The monoisotopic (exact) mass is 289 g/mol. The summed E-state index contributed by atoms with van der Waals surface area (Å²) < 4.78 is 0. The van der Waals surface area contributed by atoms with Gasteiger partial charge in [-0.2, -0.15) is 0 Å². The first-order valence-corrected chi connectivity index (χ1v) is 7.35. The standard InChI is InChI=1S/C14H15N3O2S/c1-8-4-3-5-11-13(8)16-14(15-11)17-7-10(6-12(17)19)20-9(2)18/h3-5,10H,6-7H2,1-2H3,(H,15,16). The lowest BCUT2D eigenvalue weighted by molar-refractivity contribution is -0.117. The molecule has 1 atom stereocenters. The fourth-order valence-corrected chi connectivity index (χ4v) is 3.40. The van der Waals surface area contributed by atoms with E-state index >= 15 is 0 Å². The SMILES string of the molecule is CC(=O)SC1CC(=O)N(c2nc3c(C)cccc3[nH]2)C1. The molecule has 0 spiro atoms. The molecule has 20 heavy (non-hydrogen) atoms. The number of fused-ring (bicyclic) bond motifs is 1. The third-order valence-corrected chi connectivity index (χ3v) is 4.36. The molecule has 1 aromatic heterocycles. The van der Waals surface area contributed by atoms with Crippen LogP contribution in [0.3, 0.4) is 0 Å². The van der Waals surface area contributed by atoms with E-state index in [0.29, 0.717) is 18.9 Å². The highest BCUT2D eigenvalue weighted by Crippen LogP contribution is 2.28. The van der Waals surface area contributed by atoms with Crippen molar-refractivity contribution in [1.29, 1.82) is 0 Å². The smallest absolute Gasteiger partial charge is 0.230 e. The van der Waals surface area contributed by atoms with Gasteiger partial charge in [0.15, 0.2) is 5.12 Å². The second kappa shape index (κ2) is 4.94. The Morgan fingerprint density at radius 1 is 1.50 bits per heavy atom. The molecule has 0 bridgehead atoms. The van der Waals surface area contributed by atoms with Crippen LogP contribution in [0.1, 0.15) is 18.9 Å². The Bertz CT molecular complexity index is 695. The summed E-state index contributed by atoms with van der Waals surface area (Å²) in [7, 11) is 0. The number of rotatable bonds is 2. The Hall–Kier alpha value is -1.82. The van der Waals surface area contributed by atoms with Gasteiger partial charge in [0.1, 0.15) is 0 Å². The van der Waals surface area contributed by atoms with Crippen molar-refractivity contribution >= 4 is 39.8 Å². The molecule has 1 unspecified atom stereocenters. The molecule has 1 saturated heterocycles. The summed E-state index contributed by atoms with van der Waals surface area (Å²) in [5.41, 5.74) is 2.89. The number of carbonyl (C=O) groups is 2. The minimum atomic E-state index is 0.0143. The molecule has 1 aromatic carbocycles. The lowest BCUT2D eigenvalue weighted by atomic mass is 10.2. The van der Waals surface area contributed by atoms with E-state index in [1.807, 2.05) is 25.1 Å². The van der Waals surface area contributed by atoms with Crippen LogP contribution in [0.25, 0.3) is 11.0 Å². The molecule has 0 aliphatic carbocycles. The highest BCUT2D eigenvalue weighted by molar-refractivity contribution is 8.14. The van der Waals surface area contributed by atoms with E-state index in [-0.39, 0.29) is 16.3 Å². The second-order valence-electron chi connectivity index (χ2n) is 4.97. The number of anilines is 1. The molecule has 1 aliphatic rings. The number of H-pyrrole nitrogens is 1.